The van der Waals surface area contributed by atoms with Crippen molar-refractivity contribution in [2.45, 2.75) is 25.8 Å². The van der Waals surface area contributed by atoms with Crippen molar-refractivity contribution in [2.24, 2.45) is 5.92 Å². The lowest BCUT2D eigenvalue weighted by molar-refractivity contribution is -0.126. The highest BCUT2D eigenvalue weighted by atomic mass is 19.1. The lowest BCUT2D eigenvalue weighted by atomic mass is 9.83. The molecule has 1 saturated heterocycles. The molecule has 2 atom stereocenters. The van der Waals surface area contributed by atoms with E-state index < -0.39 is 0 Å². The van der Waals surface area contributed by atoms with Gasteiger partial charge in [0.15, 0.2) is 0 Å². The largest absolute Gasteiger partial charge is 0.352 e. The Morgan fingerprint density at radius 2 is 2.04 bits per heavy atom. The summed E-state index contributed by atoms with van der Waals surface area (Å²) in [5.74, 6) is 0.0938. The summed E-state index contributed by atoms with van der Waals surface area (Å²) in [6.07, 6.45) is 2.54. The van der Waals surface area contributed by atoms with Crippen molar-refractivity contribution >= 4 is 5.91 Å². The summed E-state index contributed by atoms with van der Waals surface area (Å²) in [6, 6.07) is 15.2. The molecule has 0 aliphatic carbocycles. The molecule has 3 rings (SSSR count). The third kappa shape index (κ3) is 5.27. The molecule has 1 aliphatic rings. The molecule has 0 bridgehead atoms. The SMILES string of the molecule is C=CCNC(=O)C1CC(c2cccc(C)c2)CN(Cc2ccc(F)cc2)C1. The second kappa shape index (κ2) is 8.96. The molecule has 0 spiro atoms. The third-order valence-corrected chi connectivity index (χ3v) is 5.15. The van der Waals surface area contributed by atoms with E-state index in [9.17, 15) is 9.18 Å². The van der Waals surface area contributed by atoms with Gasteiger partial charge in [-0.2, -0.15) is 0 Å². The molecule has 142 valence electrons. The Morgan fingerprint density at radius 3 is 2.74 bits per heavy atom. The molecule has 1 heterocycles. The fourth-order valence-electron chi connectivity index (χ4n) is 3.84. The molecule has 0 saturated carbocycles. The second-order valence-corrected chi connectivity index (χ2v) is 7.40. The average molecular weight is 366 g/mol. The van der Waals surface area contributed by atoms with Crippen LogP contribution in [0.4, 0.5) is 4.39 Å². The monoisotopic (exact) mass is 366 g/mol. The summed E-state index contributed by atoms with van der Waals surface area (Å²) in [7, 11) is 0. The number of likely N-dealkylation sites (tertiary alicyclic amines) is 1. The Hall–Kier alpha value is -2.46. The molecule has 2 aromatic rings. The smallest absolute Gasteiger partial charge is 0.224 e. The topological polar surface area (TPSA) is 32.3 Å². The Labute approximate surface area is 160 Å². The lowest BCUT2D eigenvalue weighted by Gasteiger charge is -2.37. The lowest BCUT2D eigenvalue weighted by Crippen LogP contribution is -2.45. The molecule has 2 unspecified atom stereocenters. The first kappa shape index (κ1) is 19.3. The normalized spacial score (nSPS) is 20.2. The Kier molecular flexibility index (Phi) is 6.40. The van der Waals surface area contributed by atoms with Crippen LogP contribution in [-0.4, -0.2) is 30.4 Å². The fraction of sp³-hybridized carbons (Fsp3) is 0.348. The zero-order valence-corrected chi connectivity index (χ0v) is 15.8. The number of piperidine rings is 1. The second-order valence-electron chi connectivity index (χ2n) is 7.40. The van der Waals surface area contributed by atoms with Crippen LogP contribution in [0.25, 0.3) is 0 Å². The first-order valence-electron chi connectivity index (χ1n) is 9.47. The minimum atomic E-state index is -0.225. The van der Waals surface area contributed by atoms with Gasteiger partial charge in [-0.1, -0.05) is 48.0 Å². The van der Waals surface area contributed by atoms with E-state index in [-0.39, 0.29) is 17.6 Å². The number of hydrogen-bond donors (Lipinski definition) is 1. The van der Waals surface area contributed by atoms with Crippen molar-refractivity contribution in [3.05, 3.63) is 83.7 Å². The molecule has 0 aromatic heterocycles. The minimum absolute atomic E-state index is 0.0651. The highest BCUT2D eigenvalue weighted by Crippen LogP contribution is 2.31. The Bertz CT molecular complexity index is 787. The summed E-state index contributed by atoms with van der Waals surface area (Å²) < 4.78 is 13.2. The van der Waals surface area contributed by atoms with Crippen LogP contribution in [0.5, 0.6) is 0 Å². The molecule has 1 N–H and O–H groups in total. The predicted molar refractivity (Wildman–Crippen MR) is 107 cm³/mol. The van der Waals surface area contributed by atoms with Gasteiger partial charge in [-0.05, 0) is 42.5 Å². The van der Waals surface area contributed by atoms with Crippen molar-refractivity contribution in [1.82, 2.24) is 10.2 Å². The fourth-order valence-corrected chi connectivity index (χ4v) is 3.84. The van der Waals surface area contributed by atoms with Crippen LogP contribution in [0, 0.1) is 18.7 Å². The molecule has 3 nitrogen and oxygen atoms in total. The number of benzene rings is 2. The maximum Gasteiger partial charge on any atom is 0.224 e. The highest BCUT2D eigenvalue weighted by molar-refractivity contribution is 5.79. The molecular weight excluding hydrogens is 339 g/mol. The number of hydrogen-bond acceptors (Lipinski definition) is 2. The van der Waals surface area contributed by atoms with Crippen molar-refractivity contribution in [1.29, 1.82) is 0 Å². The van der Waals surface area contributed by atoms with Crippen molar-refractivity contribution in [3.63, 3.8) is 0 Å². The maximum atomic E-state index is 13.2. The molecule has 2 aromatic carbocycles. The van der Waals surface area contributed by atoms with E-state index in [1.54, 1.807) is 6.08 Å². The van der Waals surface area contributed by atoms with E-state index in [2.05, 4.69) is 48.0 Å². The van der Waals surface area contributed by atoms with Gasteiger partial charge in [0.05, 0.1) is 5.92 Å². The standard InChI is InChI=1S/C23H27FN2O/c1-3-11-25-23(27)21-13-20(19-6-4-5-17(2)12-19)15-26(16-21)14-18-7-9-22(24)10-8-18/h3-10,12,20-21H,1,11,13-16H2,2H3,(H,25,27). The number of nitrogens with one attached hydrogen (secondary N) is 1. The molecule has 1 aliphatic heterocycles. The molecule has 1 amide bonds. The zero-order chi connectivity index (χ0) is 19.2. The quantitative estimate of drug-likeness (QED) is 0.783. The maximum absolute atomic E-state index is 13.2. The number of nitrogens with zero attached hydrogens (tertiary/aromatic N) is 1. The summed E-state index contributed by atoms with van der Waals surface area (Å²) >= 11 is 0. The van der Waals surface area contributed by atoms with Gasteiger partial charge >= 0.3 is 0 Å². The van der Waals surface area contributed by atoms with Crippen molar-refractivity contribution in [2.75, 3.05) is 19.6 Å². The van der Waals surface area contributed by atoms with Crippen LogP contribution in [0.1, 0.15) is 29.0 Å². The summed E-state index contributed by atoms with van der Waals surface area (Å²) in [6.45, 7) is 8.58. The number of carbonyl (C=O) groups excluding carboxylic acids is 1. The molecule has 4 heteroatoms. The zero-order valence-electron chi connectivity index (χ0n) is 15.8. The van der Waals surface area contributed by atoms with Crippen LogP contribution >= 0.6 is 0 Å². The van der Waals surface area contributed by atoms with Crippen molar-refractivity contribution < 1.29 is 9.18 Å². The van der Waals surface area contributed by atoms with Gasteiger partial charge in [0.2, 0.25) is 5.91 Å². The Morgan fingerprint density at radius 1 is 1.26 bits per heavy atom. The van der Waals surface area contributed by atoms with Crippen LogP contribution in [0.15, 0.2) is 61.2 Å². The summed E-state index contributed by atoms with van der Waals surface area (Å²) in [4.78, 5) is 14.9. The number of aryl methyl sites for hydroxylation is 1. The Balaban J connectivity index is 1.78. The van der Waals surface area contributed by atoms with Gasteiger partial charge in [-0.3, -0.25) is 9.69 Å². The van der Waals surface area contributed by atoms with E-state index in [0.29, 0.717) is 25.6 Å². The number of halogens is 1. The first-order valence-corrected chi connectivity index (χ1v) is 9.47. The summed E-state index contributed by atoms with van der Waals surface area (Å²) in [5.41, 5.74) is 3.57. The van der Waals surface area contributed by atoms with E-state index in [0.717, 1.165) is 18.5 Å². The molecule has 1 fully saturated rings. The molecular formula is C23H27FN2O. The first-order chi connectivity index (χ1) is 13.0. The van der Waals surface area contributed by atoms with E-state index in [4.69, 9.17) is 0 Å². The van der Waals surface area contributed by atoms with Gasteiger partial charge in [0.1, 0.15) is 5.82 Å². The van der Waals surface area contributed by atoms with Crippen LogP contribution in [0.3, 0.4) is 0 Å². The molecule has 0 radical (unpaired) electrons. The van der Waals surface area contributed by atoms with E-state index in [1.165, 1.54) is 23.3 Å². The number of rotatable bonds is 6. The van der Waals surface area contributed by atoms with Gasteiger partial charge in [0.25, 0.3) is 0 Å². The third-order valence-electron chi connectivity index (χ3n) is 5.15. The predicted octanol–water partition coefficient (Wildman–Crippen LogP) is 4.04. The van der Waals surface area contributed by atoms with Crippen molar-refractivity contribution in [3.8, 4) is 0 Å². The van der Waals surface area contributed by atoms with Crippen LogP contribution in [0.2, 0.25) is 0 Å². The van der Waals surface area contributed by atoms with Gasteiger partial charge in [-0.25, -0.2) is 4.39 Å². The summed E-state index contributed by atoms with van der Waals surface area (Å²) in [5, 5.41) is 2.94. The van der Waals surface area contributed by atoms with Gasteiger partial charge < -0.3 is 5.32 Å². The minimum Gasteiger partial charge on any atom is -0.352 e. The van der Waals surface area contributed by atoms with E-state index >= 15 is 0 Å². The number of carbonyl (C=O) groups is 1. The van der Waals surface area contributed by atoms with Crippen LogP contribution in [-0.2, 0) is 11.3 Å². The highest BCUT2D eigenvalue weighted by Gasteiger charge is 2.32. The average Bonchev–Trinajstić information content (AvgIpc) is 2.67. The van der Waals surface area contributed by atoms with Crippen LogP contribution < -0.4 is 5.32 Å². The number of amides is 1. The molecule has 27 heavy (non-hydrogen) atoms. The van der Waals surface area contributed by atoms with Gasteiger partial charge in [0, 0.05) is 26.2 Å². The van der Waals surface area contributed by atoms with Gasteiger partial charge in [-0.15, -0.1) is 6.58 Å². The van der Waals surface area contributed by atoms with E-state index in [1.807, 2.05) is 12.1 Å².